The SMILES string of the molecule is Cc1c(S(N)(=O)=O)cc(C(F)F)nc1Br. The topological polar surface area (TPSA) is 73.1 Å². The quantitative estimate of drug-likeness (QED) is 0.846. The van der Waals surface area contributed by atoms with Gasteiger partial charge in [0.25, 0.3) is 6.43 Å². The van der Waals surface area contributed by atoms with Gasteiger partial charge >= 0.3 is 0 Å². The zero-order valence-electron chi connectivity index (χ0n) is 7.54. The summed E-state index contributed by atoms with van der Waals surface area (Å²) in [6.07, 6.45) is -2.84. The molecule has 84 valence electrons. The van der Waals surface area contributed by atoms with Crippen molar-refractivity contribution in [2.24, 2.45) is 5.14 Å². The highest BCUT2D eigenvalue weighted by atomic mass is 79.9. The van der Waals surface area contributed by atoms with Crippen LogP contribution in [0.15, 0.2) is 15.6 Å². The highest BCUT2D eigenvalue weighted by Crippen LogP contribution is 2.26. The first kappa shape index (κ1) is 12.5. The second kappa shape index (κ2) is 4.11. The van der Waals surface area contributed by atoms with E-state index in [9.17, 15) is 17.2 Å². The number of halogens is 3. The Morgan fingerprint density at radius 2 is 2.07 bits per heavy atom. The van der Waals surface area contributed by atoms with Crippen LogP contribution in [0.3, 0.4) is 0 Å². The van der Waals surface area contributed by atoms with Gasteiger partial charge < -0.3 is 0 Å². The average molecular weight is 301 g/mol. The van der Waals surface area contributed by atoms with Crippen molar-refractivity contribution in [3.8, 4) is 0 Å². The van der Waals surface area contributed by atoms with Crippen LogP contribution < -0.4 is 5.14 Å². The molecule has 1 aromatic heterocycles. The maximum atomic E-state index is 12.3. The fourth-order valence-corrected chi connectivity index (χ4v) is 2.34. The second-order valence-electron chi connectivity index (χ2n) is 2.81. The van der Waals surface area contributed by atoms with Crippen molar-refractivity contribution < 1.29 is 17.2 Å². The van der Waals surface area contributed by atoms with Crippen molar-refractivity contribution in [1.82, 2.24) is 4.98 Å². The van der Waals surface area contributed by atoms with Gasteiger partial charge in [0.15, 0.2) is 0 Å². The molecule has 8 heteroatoms. The van der Waals surface area contributed by atoms with E-state index in [2.05, 4.69) is 20.9 Å². The zero-order valence-corrected chi connectivity index (χ0v) is 9.94. The van der Waals surface area contributed by atoms with Gasteiger partial charge in [0.05, 0.1) is 4.90 Å². The van der Waals surface area contributed by atoms with E-state index in [1.807, 2.05) is 0 Å². The number of pyridine rings is 1. The maximum absolute atomic E-state index is 12.3. The Kier molecular flexibility index (Phi) is 3.41. The fraction of sp³-hybridized carbons (Fsp3) is 0.286. The lowest BCUT2D eigenvalue weighted by atomic mass is 10.3. The normalized spacial score (nSPS) is 12.1. The lowest BCUT2D eigenvalue weighted by Gasteiger charge is -2.07. The molecule has 1 rings (SSSR count). The summed E-state index contributed by atoms with van der Waals surface area (Å²) in [6.45, 7) is 1.42. The summed E-state index contributed by atoms with van der Waals surface area (Å²) in [4.78, 5) is 3.15. The van der Waals surface area contributed by atoms with Crippen molar-refractivity contribution in [1.29, 1.82) is 0 Å². The fourth-order valence-electron chi connectivity index (χ4n) is 0.981. The van der Waals surface area contributed by atoms with Crippen LogP contribution in [-0.2, 0) is 10.0 Å². The molecule has 1 heterocycles. The van der Waals surface area contributed by atoms with Crippen molar-refractivity contribution in [2.45, 2.75) is 18.2 Å². The summed E-state index contributed by atoms with van der Waals surface area (Å²) >= 11 is 2.89. The van der Waals surface area contributed by atoms with Gasteiger partial charge in [-0.05, 0) is 28.9 Å². The Labute approximate surface area is 93.7 Å². The summed E-state index contributed by atoms with van der Waals surface area (Å²) < 4.78 is 46.8. The molecule has 0 atom stereocenters. The summed E-state index contributed by atoms with van der Waals surface area (Å²) in [5.74, 6) is 0. The Hall–Kier alpha value is -0.600. The van der Waals surface area contributed by atoms with Gasteiger partial charge in [0.2, 0.25) is 10.0 Å². The second-order valence-corrected chi connectivity index (χ2v) is 5.09. The summed E-state index contributed by atoms with van der Waals surface area (Å²) in [5, 5.41) is 4.87. The van der Waals surface area contributed by atoms with Gasteiger partial charge in [-0.3, -0.25) is 0 Å². The minimum Gasteiger partial charge on any atom is -0.240 e. The van der Waals surface area contributed by atoms with Crippen LogP contribution in [0.25, 0.3) is 0 Å². The van der Waals surface area contributed by atoms with E-state index in [-0.39, 0.29) is 15.1 Å². The lowest BCUT2D eigenvalue weighted by molar-refractivity contribution is 0.145. The van der Waals surface area contributed by atoms with Crippen LogP contribution in [0.5, 0.6) is 0 Å². The molecular weight excluding hydrogens is 294 g/mol. The predicted molar refractivity (Wildman–Crippen MR) is 53.0 cm³/mol. The molecule has 1 aromatic rings. The summed E-state index contributed by atoms with van der Waals surface area (Å²) in [5.41, 5.74) is -0.418. The highest BCUT2D eigenvalue weighted by Gasteiger charge is 2.19. The molecule has 0 aliphatic rings. The molecule has 0 radical (unpaired) electrons. The first-order valence-electron chi connectivity index (χ1n) is 3.71. The molecule has 0 aliphatic heterocycles. The van der Waals surface area contributed by atoms with Crippen LogP contribution in [0.2, 0.25) is 0 Å². The molecule has 4 nitrogen and oxygen atoms in total. The van der Waals surface area contributed by atoms with Crippen molar-refractivity contribution in [3.05, 3.63) is 21.9 Å². The molecule has 0 fully saturated rings. The number of nitrogens with two attached hydrogens (primary N) is 1. The molecule has 0 spiro atoms. The standard InChI is InChI=1S/C7H7BrF2N2O2S/c1-3-5(15(11,13)14)2-4(7(9)10)12-6(3)8/h2,7H,1H3,(H2,11,13,14). The van der Waals surface area contributed by atoms with Crippen LogP contribution >= 0.6 is 15.9 Å². The first-order chi connectivity index (χ1) is 6.73. The van der Waals surface area contributed by atoms with E-state index in [1.165, 1.54) is 6.92 Å². The number of hydrogen-bond acceptors (Lipinski definition) is 3. The minimum atomic E-state index is -4.02. The van der Waals surface area contributed by atoms with E-state index in [0.717, 1.165) is 6.07 Å². The van der Waals surface area contributed by atoms with Crippen LogP contribution in [0.4, 0.5) is 8.78 Å². The number of hydrogen-bond donors (Lipinski definition) is 1. The first-order valence-corrected chi connectivity index (χ1v) is 6.05. The molecule has 0 bridgehead atoms. The number of alkyl halides is 2. The minimum absolute atomic E-state index is 0.0457. The van der Waals surface area contributed by atoms with Crippen LogP contribution in [-0.4, -0.2) is 13.4 Å². The Bertz CT molecular complexity index is 490. The predicted octanol–water partition coefficient (Wildman–Crippen LogP) is 1.74. The van der Waals surface area contributed by atoms with Crippen LogP contribution in [0.1, 0.15) is 17.7 Å². The average Bonchev–Trinajstić information content (AvgIpc) is 2.06. The summed E-state index contributed by atoms with van der Waals surface area (Å²) in [7, 11) is -4.02. The third-order valence-electron chi connectivity index (χ3n) is 1.72. The van der Waals surface area contributed by atoms with Crippen LogP contribution in [0, 0.1) is 6.92 Å². The number of nitrogens with zero attached hydrogens (tertiary/aromatic N) is 1. The van der Waals surface area contributed by atoms with E-state index >= 15 is 0 Å². The maximum Gasteiger partial charge on any atom is 0.280 e. The largest absolute Gasteiger partial charge is 0.280 e. The van der Waals surface area contributed by atoms with Crippen molar-refractivity contribution in [3.63, 3.8) is 0 Å². The van der Waals surface area contributed by atoms with E-state index in [0.29, 0.717) is 0 Å². The third kappa shape index (κ3) is 2.70. The molecule has 15 heavy (non-hydrogen) atoms. The van der Waals surface area contributed by atoms with Gasteiger partial charge in [-0.2, -0.15) is 0 Å². The molecule has 0 aliphatic carbocycles. The number of aromatic nitrogens is 1. The van der Waals surface area contributed by atoms with E-state index in [4.69, 9.17) is 5.14 Å². The zero-order chi connectivity index (χ0) is 11.8. The Morgan fingerprint density at radius 1 is 1.53 bits per heavy atom. The number of sulfonamides is 1. The van der Waals surface area contributed by atoms with Gasteiger partial charge in [-0.15, -0.1) is 0 Å². The summed E-state index contributed by atoms with van der Waals surface area (Å²) in [6, 6.07) is 0.778. The molecule has 0 saturated carbocycles. The third-order valence-corrected chi connectivity index (χ3v) is 3.52. The smallest absolute Gasteiger partial charge is 0.240 e. The molecular formula is C7H7BrF2N2O2S. The van der Waals surface area contributed by atoms with Gasteiger partial charge in [-0.1, -0.05) is 0 Å². The molecule has 0 unspecified atom stereocenters. The van der Waals surface area contributed by atoms with Crippen molar-refractivity contribution in [2.75, 3.05) is 0 Å². The van der Waals surface area contributed by atoms with E-state index < -0.39 is 22.1 Å². The molecule has 2 N–H and O–H groups in total. The lowest BCUT2D eigenvalue weighted by Crippen LogP contribution is -2.15. The Balaban J connectivity index is 3.52. The molecule has 0 saturated heterocycles. The molecule has 0 aromatic carbocycles. The highest BCUT2D eigenvalue weighted by molar-refractivity contribution is 9.10. The van der Waals surface area contributed by atoms with Gasteiger partial charge in [0.1, 0.15) is 10.3 Å². The number of rotatable bonds is 2. The monoisotopic (exact) mass is 300 g/mol. The van der Waals surface area contributed by atoms with Gasteiger partial charge in [0, 0.05) is 5.56 Å². The van der Waals surface area contributed by atoms with E-state index in [1.54, 1.807) is 0 Å². The Morgan fingerprint density at radius 3 is 2.47 bits per heavy atom. The number of primary sulfonamides is 1. The van der Waals surface area contributed by atoms with Gasteiger partial charge in [-0.25, -0.2) is 27.3 Å². The molecule has 0 amide bonds. The van der Waals surface area contributed by atoms with Crippen molar-refractivity contribution >= 4 is 26.0 Å².